The first-order valence-electron chi connectivity index (χ1n) is 5.81. The van der Waals surface area contributed by atoms with Crippen molar-refractivity contribution in [1.82, 2.24) is 9.97 Å². The van der Waals surface area contributed by atoms with Gasteiger partial charge < -0.3 is 9.84 Å². The molecule has 0 aliphatic heterocycles. The lowest BCUT2D eigenvalue weighted by Gasteiger charge is -2.15. The van der Waals surface area contributed by atoms with Crippen LogP contribution in [0.3, 0.4) is 0 Å². The van der Waals surface area contributed by atoms with Crippen LogP contribution in [0.15, 0.2) is 12.1 Å². The summed E-state index contributed by atoms with van der Waals surface area (Å²) in [6.45, 7) is 1.97. The van der Waals surface area contributed by atoms with Crippen LogP contribution in [0.4, 0.5) is 0 Å². The molecule has 0 radical (unpaired) electrons. The number of aliphatic hydroxyl groups is 1. The van der Waals surface area contributed by atoms with Crippen molar-refractivity contribution < 1.29 is 9.84 Å². The van der Waals surface area contributed by atoms with Crippen LogP contribution in [0, 0.1) is 6.92 Å². The average Bonchev–Trinajstić information content (AvgIpc) is 2.84. The number of pyridine rings is 1. The monoisotopic (exact) mass is 250 g/mol. The van der Waals surface area contributed by atoms with Gasteiger partial charge in [-0.15, -0.1) is 0 Å². The summed E-state index contributed by atoms with van der Waals surface area (Å²) < 4.78 is 5.72. The molecule has 90 valence electrons. The van der Waals surface area contributed by atoms with Crippen LogP contribution >= 0.6 is 11.3 Å². The standard InChI is InChI=1S/C12H14N2O2S/c1-7-13-8-5-6-11(14-12(8)17-7)16-10-4-2-3-9(10)15/h5-6,9-10,15H,2-4H2,1H3. The molecule has 2 aromatic heterocycles. The second kappa shape index (κ2) is 4.23. The summed E-state index contributed by atoms with van der Waals surface area (Å²) in [5.41, 5.74) is 0.909. The minimum atomic E-state index is -0.351. The SMILES string of the molecule is Cc1nc2ccc(OC3CCCC3O)nc2s1. The topological polar surface area (TPSA) is 55.2 Å². The highest BCUT2D eigenvalue weighted by atomic mass is 32.1. The lowest BCUT2D eigenvalue weighted by Crippen LogP contribution is -2.25. The summed E-state index contributed by atoms with van der Waals surface area (Å²) in [6.07, 6.45) is 2.30. The molecule has 17 heavy (non-hydrogen) atoms. The quantitative estimate of drug-likeness (QED) is 0.888. The highest BCUT2D eigenvalue weighted by Crippen LogP contribution is 2.26. The van der Waals surface area contributed by atoms with Gasteiger partial charge in [-0.25, -0.2) is 9.97 Å². The highest BCUT2D eigenvalue weighted by molar-refractivity contribution is 7.18. The molecule has 4 nitrogen and oxygen atoms in total. The maximum absolute atomic E-state index is 9.71. The van der Waals surface area contributed by atoms with Crippen LogP contribution in [0.5, 0.6) is 5.88 Å². The van der Waals surface area contributed by atoms with E-state index < -0.39 is 0 Å². The van der Waals surface area contributed by atoms with Crippen molar-refractivity contribution in [3.63, 3.8) is 0 Å². The Kier molecular flexibility index (Phi) is 2.72. The van der Waals surface area contributed by atoms with Crippen molar-refractivity contribution in [2.45, 2.75) is 38.4 Å². The van der Waals surface area contributed by atoms with Gasteiger partial charge in [0.05, 0.1) is 11.1 Å². The van der Waals surface area contributed by atoms with Gasteiger partial charge in [0.2, 0.25) is 5.88 Å². The smallest absolute Gasteiger partial charge is 0.215 e. The maximum Gasteiger partial charge on any atom is 0.215 e. The van der Waals surface area contributed by atoms with Crippen molar-refractivity contribution in [3.05, 3.63) is 17.1 Å². The Hall–Kier alpha value is -1.20. The lowest BCUT2D eigenvalue weighted by molar-refractivity contribution is 0.0577. The molecule has 2 atom stereocenters. The summed E-state index contributed by atoms with van der Waals surface area (Å²) in [7, 11) is 0. The number of fused-ring (bicyclic) bond motifs is 1. The van der Waals surface area contributed by atoms with Gasteiger partial charge in [-0.1, -0.05) is 11.3 Å². The molecule has 5 heteroatoms. The lowest BCUT2D eigenvalue weighted by atomic mass is 10.2. The number of thiazole rings is 1. The molecule has 1 N–H and O–H groups in total. The molecule has 1 fully saturated rings. The van der Waals surface area contributed by atoms with Gasteiger partial charge in [-0.05, 0) is 32.3 Å². The largest absolute Gasteiger partial charge is 0.472 e. The molecule has 0 aromatic carbocycles. The van der Waals surface area contributed by atoms with E-state index in [-0.39, 0.29) is 12.2 Å². The van der Waals surface area contributed by atoms with Crippen molar-refractivity contribution in [2.75, 3.05) is 0 Å². The fraction of sp³-hybridized carbons (Fsp3) is 0.500. The van der Waals surface area contributed by atoms with Gasteiger partial charge in [0.15, 0.2) is 0 Å². The minimum absolute atomic E-state index is 0.103. The number of aliphatic hydroxyl groups excluding tert-OH is 1. The predicted molar refractivity (Wildman–Crippen MR) is 66.4 cm³/mol. The molecule has 1 aliphatic rings. The van der Waals surface area contributed by atoms with E-state index in [9.17, 15) is 5.11 Å². The van der Waals surface area contributed by atoms with Gasteiger partial charge in [0.1, 0.15) is 16.5 Å². The molecule has 2 unspecified atom stereocenters. The van der Waals surface area contributed by atoms with Crippen molar-refractivity contribution in [2.24, 2.45) is 0 Å². The van der Waals surface area contributed by atoms with Gasteiger partial charge in [0, 0.05) is 6.07 Å². The first-order valence-corrected chi connectivity index (χ1v) is 6.63. The third-order valence-corrected chi connectivity index (χ3v) is 3.91. The van der Waals surface area contributed by atoms with Crippen molar-refractivity contribution >= 4 is 21.7 Å². The normalized spacial score (nSPS) is 24.4. The summed E-state index contributed by atoms with van der Waals surface area (Å²) >= 11 is 1.56. The van der Waals surface area contributed by atoms with Gasteiger partial charge >= 0.3 is 0 Å². The van der Waals surface area contributed by atoms with Crippen molar-refractivity contribution in [1.29, 1.82) is 0 Å². The van der Waals surface area contributed by atoms with E-state index in [1.807, 2.05) is 19.1 Å². The van der Waals surface area contributed by atoms with Crippen LogP contribution in [-0.4, -0.2) is 27.3 Å². The maximum atomic E-state index is 9.71. The highest BCUT2D eigenvalue weighted by Gasteiger charge is 2.27. The van der Waals surface area contributed by atoms with E-state index >= 15 is 0 Å². The zero-order valence-electron chi connectivity index (χ0n) is 9.59. The molecule has 0 amide bonds. The van der Waals surface area contributed by atoms with E-state index in [4.69, 9.17) is 4.74 Å². The first kappa shape index (κ1) is 10.9. The molecule has 1 saturated carbocycles. The third-order valence-electron chi connectivity index (χ3n) is 3.03. The number of aromatic nitrogens is 2. The summed E-state index contributed by atoms with van der Waals surface area (Å²) in [5, 5.41) is 10.7. The van der Waals surface area contributed by atoms with E-state index in [0.29, 0.717) is 5.88 Å². The number of aryl methyl sites for hydroxylation is 1. The van der Waals surface area contributed by atoms with Crippen LogP contribution in [0.1, 0.15) is 24.3 Å². The Bertz CT molecular complexity index is 540. The van der Waals surface area contributed by atoms with E-state index in [1.54, 1.807) is 11.3 Å². The van der Waals surface area contributed by atoms with Gasteiger partial charge in [-0.3, -0.25) is 0 Å². The third kappa shape index (κ3) is 2.12. The number of hydrogen-bond donors (Lipinski definition) is 1. The van der Waals surface area contributed by atoms with Crippen LogP contribution in [0.25, 0.3) is 10.3 Å². The molecule has 0 saturated heterocycles. The fourth-order valence-corrected chi connectivity index (χ4v) is 2.95. The average molecular weight is 250 g/mol. The number of rotatable bonds is 2. The molecule has 3 rings (SSSR count). The van der Waals surface area contributed by atoms with E-state index in [1.165, 1.54) is 0 Å². The fourth-order valence-electron chi connectivity index (χ4n) is 2.17. The Labute approximate surface area is 103 Å². The second-order valence-corrected chi connectivity index (χ2v) is 5.54. The Morgan fingerprint density at radius 1 is 1.35 bits per heavy atom. The molecule has 0 bridgehead atoms. The molecule has 2 heterocycles. The number of nitrogens with zero attached hydrogens (tertiary/aromatic N) is 2. The molecular weight excluding hydrogens is 236 g/mol. The molecular formula is C12H14N2O2S. The zero-order valence-corrected chi connectivity index (χ0v) is 10.4. The Balaban J connectivity index is 1.85. The second-order valence-electron chi connectivity index (χ2n) is 4.36. The summed E-state index contributed by atoms with van der Waals surface area (Å²) in [4.78, 5) is 9.66. The van der Waals surface area contributed by atoms with Crippen molar-refractivity contribution in [3.8, 4) is 5.88 Å². The minimum Gasteiger partial charge on any atom is -0.472 e. The van der Waals surface area contributed by atoms with E-state index in [2.05, 4.69) is 9.97 Å². The first-order chi connectivity index (χ1) is 8.22. The van der Waals surface area contributed by atoms with Crippen LogP contribution in [0.2, 0.25) is 0 Å². The molecule has 2 aromatic rings. The summed E-state index contributed by atoms with van der Waals surface area (Å²) in [6, 6.07) is 3.75. The Morgan fingerprint density at radius 3 is 3.00 bits per heavy atom. The van der Waals surface area contributed by atoms with E-state index in [0.717, 1.165) is 34.6 Å². The van der Waals surface area contributed by atoms with Gasteiger partial charge in [-0.2, -0.15) is 0 Å². The predicted octanol–water partition coefficient (Wildman–Crippen LogP) is 2.29. The molecule has 0 spiro atoms. The van der Waals surface area contributed by atoms with Gasteiger partial charge in [0.25, 0.3) is 0 Å². The van der Waals surface area contributed by atoms with Crippen LogP contribution in [-0.2, 0) is 0 Å². The van der Waals surface area contributed by atoms with Crippen LogP contribution < -0.4 is 4.74 Å². The number of ether oxygens (including phenoxy) is 1. The Morgan fingerprint density at radius 2 is 2.24 bits per heavy atom. The molecule has 1 aliphatic carbocycles. The summed E-state index contributed by atoms with van der Waals surface area (Å²) in [5.74, 6) is 0.590. The zero-order chi connectivity index (χ0) is 11.8. The number of hydrogen-bond acceptors (Lipinski definition) is 5.